The maximum absolute atomic E-state index is 11.2. The Morgan fingerprint density at radius 3 is 2.58 bits per heavy atom. The number of nitrogens with zero attached hydrogens (tertiary/aromatic N) is 2. The highest BCUT2D eigenvalue weighted by molar-refractivity contribution is 6.30. The molecule has 1 aliphatic rings. The maximum Gasteiger partial charge on any atom is 0.222 e. The van der Waals surface area contributed by atoms with E-state index >= 15 is 0 Å². The average Bonchev–Trinajstić information content (AvgIpc) is 2.69. The van der Waals surface area contributed by atoms with Crippen molar-refractivity contribution in [3.63, 3.8) is 0 Å². The summed E-state index contributed by atoms with van der Waals surface area (Å²) in [7, 11) is 0. The van der Waals surface area contributed by atoms with Gasteiger partial charge in [-0.1, -0.05) is 32.4 Å². The number of hydrogen-bond donors (Lipinski definition) is 2. The van der Waals surface area contributed by atoms with E-state index in [1.54, 1.807) is 0 Å². The van der Waals surface area contributed by atoms with E-state index in [1.165, 1.54) is 0 Å². The van der Waals surface area contributed by atoms with Crippen molar-refractivity contribution in [1.82, 2.24) is 15.3 Å². The van der Waals surface area contributed by atoms with Crippen LogP contribution in [0.15, 0.2) is 0 Å². The third-order valence-corrected chi connectivity index (χ3v) is 3.44. The van der Waals surface area contributed by atoms with Gasteiger partial charge in [0.1, 0.15) is 16.8 Å². The van der Waals surface area contributed by atoms with Crippen LogP contribution in [-0.4, -0.2) is 28.5 Å². The van der Waals surface area contributed by atoms with E-state index in [2.05, 4.69) is 20.6 Å². The number of carbonyl (C=O) groups is 1. The molecule has 2 N–H and O–H groups in total. The first-order chi connectivity index (χ1) is 8.77. The van der Waals surface area contributed by atoms with Gasteiger partial charge in [-0.15, -0.1) is 0 Å². The van der Waals surface area contributed by atoms with Gasteiger partial charge < -0.3 is 10.6 Å². The number of halogens is 1. The molecule has 0 aliphatic carbocycles. The molecule has 1 aromatic rings. The van der Waals surface area contributed by atoms with Crippen LogP contribution in [0, 0.1) is 6.92 Å². The second-order valence-electron chi connectivity index (χ2n) is 5.91. The van der Waals surface area contributed by atoms with Gasteiger partial charge in [0.05, 0.1) is 6.04 Å². The number of carbonyl (C=O) groups excluding carboxylic acids is 1. The highest BCUT2D eigenvalue weighted by atomic mass is 35.5. The number of hydrogen-bond acceptors (Lipinski definition) is 4. The molecule has 104 valence electrons. The topological polar surface area (TPSA) is 66.9 Å². The van der Waals surface area contributed by atoms with E-state index in [4.69, 9.17) is 11.6 Å². The zero-order valence-electron chi connectivity index (χ0n) is 11.7. The minimum absolute atomic E-state index is 0.0602. The smallest absolute Gasteiger partial charge is 0.222 e. The van der Waals surface area contributed by atoms with E-state index in [0.717, 1.165) is 5.56 Å². The fourth-order valence-corrected chi connectivity index (χ4v) is 2.04. The Kier molecular flexibility index (Phi) is 3.67. The molecule has 0 spiro atoms. The molecule has 2 rings (SSSR count). The summed E-state index contributed by atoms with van der Waals surface area (Å²) >= 11 is 6.17. The largest absolute Gasteiger partial charge is 0.365 e. The van der Waals surface area contributed by atoms with Crippen LogP contribution in [0.1, 0.15) is 38.6 Å². The van der Waals surface area contributed by atoms with Gasteiger partial charge in [0, 0.05) is 23.9 Å². The molecule has 1 amide bonds. The molecule has 0 radical (unpaired) electrons. The zero-order chi connectivity index (χ0) is 14.2. The summed E-state index contributed by atoms with van der Waals surface area (Å²) < 4.78 is 0. The fraction of sp³-hybridized carbons (Fsp3) is 0.615. The van der Waals surface area contributed by atoms with Crippen LogP contribution >= 0.6 is 11.6 Å². The lowest BCUT2D eigenvalue weighted by atomic mass is 9.95. The first-order valence-electron chi connectivity index (χ1n) is 6.35. The first kappa shape index (κ1) is 14.1. The average molecular weight is 283 g/mol. The van der Waals surface area contributed by atoms with Gasteiger partial charge in [0.2, 0.25) is 5.91 Å². The summed E-state index contributed by atoms with van der Waals surface area (Å²) in [5, 5.41) is 6.52. The molecule has 1 fully saturated rings. The fourth-order valence-electron chi connectivity index (χ4n) is 1.87. The predicted molar refractivity (Wildman–Crippen MR) is 75.5 cm³/mol. The van der Waals surface area contributed by atoms with Crippen LogP contribution in [0.2, 0.25) is 5.15 Å². The van der Waals surface area contributed by atoms with Crippen LogP contribution in [0.25, 0.3) is 0 Å². The molecule has 1 aliphatic heterocycles. The molecule has 0 aromatic carbocycles. The normalized spacial score (nSPS) is 19.4. The van der Waals surface area contributed by atoms with Gasteiger partial charge in [-0.05, 0) is 6.92 Å². The summed E-state index contributed by atoms with van der Waals surface area (Å²) in [6.45, 7) is 8.61. The van der Waals surface area contributed by atoms with Gasteiger partial charge >= 0.3 is 0 Å². The Morgan fingerprint density at radius 1 is 1.37 bits per heavy atom. The number of amides is 1. The minimum Gasteiger partial charge on any atom is -0.365 e. The van der Waals surface area contributed by atoms with Gasteiger partial charge in [-0.25, -0.2) is 9.97 Å². The van der Waals surface area contributed by atoms with Crippen molar-refractivity contribution in [3.05, 3.63) is 16.5 Å². The molecule has 1 saturated heterocycles. The van der Waals surface area contributed by atoms with Gasteiger partial charge in [-0.2, -0.15) is 0 Å². The molecule has 1 aromatic heterocycles. The van der Waals surface area contributed by atoms with Crippen molar-refractivity contribution >= 4 is 23.3 Å². The maximum atomic E-state index is 11.2. The summed E-state index contributed by atoms with van der Waals surface area (Å²) in [5.74, 6) is 1.47. The number of rotatable bonds is 2. The van der Waals surface area contributed by atoms with E-state index in [0.29, 0.717) is 29.8 Å². The van der Waals surface area contributed by atoms with Crippen molar-refractivity contribution in [2.24, 2.45) is 0 Å². The highest BCUT2D eigenvalue weighted by Crippen LogP contribution is 2.26. The molecule has 0 bridgehead atoms. The summed E-state index contributed by atoms with van der Waals surface area (Å²) in [4.78, 5) is 20.1. The van der Waals surface area contributed by atoms with Crippen molar-refractivity contribution in [2.75, 3.05) is 11.9 Å². The van der Waals surface area contributed by atoms with Crippen molar-refractivity contribution in [2.45, 2.75) is 45.6 Å². The quantitative estimate of drug-likeness (QED) is 0.815. The third-order valence-electron chi connectivity index (χ3n) is 3.08. The molecular formula is C13H19ClN4O. The van der Waals surface area contributed by atoms with E-state index in [9.17, 15) is 4.79 Å². The van der Waals surface area contributed by atoms with Gasteiger partial charge in [-0.3, -0.25) is 4.79 Å². The molecule has 1 unspecified atom stereocenters. The van der Waals surface area contributed by atoms with Crippen LogP contribution in [0.3, 0.4) is 0 Å². The minimum atomic E-state index is -0.169. The Bertz CT molecular complexity index is 510. The summed E-state index contributed by atoms with van der Waals surface area (Å²) in [5.41, 5.74) is 0.645. The Hall–Kier alpha value is -1.36. The van der Waals surface area contributed by atoms with Crippen LogP contribution in [0.4, 0.5) is 5.82 Å². The molecule has 19 heavy (non-hydrogen) atoms. The lowest BCUT2D eigenvalue weighted by Crippen LogP contribution is -2.25. The Balaban J connectivity index is 2.28. The zero-order valence-corrected chi connectivity index (χ0v) is 12.4. The third kappa shape index (κ3) is 3.15. The number of aromatic nitrogens is 2. The molecular weight excluding hydrogens is 264 g/mol. The van der Waals surface area contributed by atoms with Crippen LogP contribution < -0.4 is 10.6 Å². The summed E-state index contributed by atoms with van der Waals surface area (Å²) in [6.07, 6.45) is 0.464. The SMILES string of the molecule is Cc1c(Cl)nc(C(C)(C)C)nc1NC1CNC(=O)C1. The van der Waals surface area contributed by atoms with Crippen LogP contribution in [-0.2, 0) is 10.2 Å². The lowest BCUT2D eigenvalue weighted by molar-refractivity contribution is -0.119. The molecule has 1 atom stereocenters. The van der Waals surface area contributed by atoms with Crippen LogP contribution in [0.5, 0.6) is 0 Å². The Morgan fingerprint density at radius 2 is 2.05 bits per heavy atom. The first-order valence-corrected chi connectivity index (χ1v) is 6.73. The monoisotopic (exact) mass is 282 g/mol. The predicted octanol–water partition coefficient (Wildman–Crippen LogP) is 2.04. The van der Waals surface area contributed by atoms with Crippen molar-refractivity contribution in [3.8, 4) is 0 Å². The van der Waals surface area contributed by atoms with Crippen molar-refractivity contribution < 1.29 is 4.79 Å². The standard InChI is InChI=1S/C13H19ClN4O/c1-7-10(14)17-12(13(2,3)4)18-11(7)16-8-5-9(19)15-6-8/h8H,5-6H2,1-4H3,(H,15,19)(H,16,17,18). The van der Waals surface area contributed by atoms with E-state index in [-0.39, 0.29) is 17.4 Å². The number of anilines is 1. The lowest BCUT2D eigenvalue weighted by Gasteiger charge is -2.20. The van der Waals surface area contributed by atoms with E-state index in [1.807, 2.05) is 27.7 Å². The molecule has 5 nitrogen and oxygen atoms in total. The molecule has 2 heterocycles. The highest BCUT2D eigenvalue weighted by Gasteiger charge is 2.25. The molecule has 6 heteroatoms. The molecule has 0 saturated carbocycles. The second-order valence-corrected chi connectivity index (χ2v) is 6.27. The van der Waals surface area contributed by atoms with Gasteiger partial charge in [0.25, 0.3) is 0 Å². The number of nitrogens with one attached hydrogen (secondary N) is 2. The van der Waals surface area contributed by atoms with E-state index < -0.39 is 0 Å². The Labute approximate surface area is 118 Å². The van der Waals surface area contributed by atoms with Crippen molar-refractivity contribution in [1.29, 1.82) is 0 Å². The second kappa shape index (κ2) is 4.96. The van der Waals surface area contributed by atoms with Gasteiger partial charge in [0.15, 0.2) is 0 Å². The summed E-state index contributed by atoms with van der Waals surface area (Å²) in [6, 6.07) is 0.0602.